The van der Waals surface area contributed by atoms with Crippen molar-refractivity contribution in [2.45, 2.75) is 32.5 Å². The molecule has 1 heterocycles. The summed E-state index contributed by atoms with van der Waals surface area (Å²) in [5.41, 5.74) is 2.52. The van der Waals surface area contributed by atoms with Gasteiger partial charge in [-0.1, -0.05) is 24.3 Å². The zero-order valence-electron chi connectivity index (χ0n) is 15.3. The minimum absolute atomic E-state index is 0.0771. The van der Waals surface area contributed by atoms with Gasteiger partial charge in [-0.05, 0) is 49.1 Å². The highest BCUT2D eigenvalue weighted by Gasteiger charge is 2.05. The third-order valence-corrected chi connectivity index (χ3v) is 4.24. The van der Waals surface area contributed by atoms with Gasteiger partial charge >= 0.3 is 0 Å². The molecular formula is C22H25NO4. The van der Waals surface area contributed by atoms with Crippen molar-refractivity contribution >= 4 is 10.9 Å². The molecule has 0 atom stereocenters. The lowest BCUT2D eigenvalue weighted by molar-refractivity contribution is 0.260. The molecule has 0 amide bonds. The highest BCUT2D eigenvalue weighted by Crippen LogP contribution is 2.24. The van der Waals surface area contributed by atoms with Gasteiger partial charge in [-0.25, -0.2) is 4.98 Å². The van der Waals surface area contributed by atoms with Crippen molar-refractivity contribution in [3.05, 3.63) is 65.9 Å². The number of hydrogen-bond acceptors (Lipinski definition) is 5. The second kappa shape index (κ2) is 9.90. The third-order valence-electron chi connectivity index (χ3n) is 4.24. The molecule has 5 heteroatoms. The number of aliphatic hydroxyl groups excluding tert-OH is 2. The second-order valence-corrected chi connectivity index (χ2v) is 6.39. The molecule has 0 aliphatic rings. The molecule has 2 aromatic carbocycles. The number of unbranched alkanes of at least 4 members (excludes halogenated alkanes) is 2. The number of ether oxygens (including phenoxy) is 2. The average Bonchev–Trinajstić information content (AvgIpc) is 2.72. The Hall–Kier alpha value is -2.63. The summed E-state index contributed by atoms with van der Waals surface area (Å²) in [6.07, 6.45) is 2.58. The highest BCUT2D eigenvalue weighted by atomic mass is 16.5. The van der Waals surface area contributed by atoms with Gasteiger partial charge in [0.1, 0.15) is 18.1 Å². The van der Waals surface area contributed by atoms with Crippen molar-refractivity contribution in [2.75, 3.05) is 13.2 Å². The van der Waals surface area contributed by atoms with Crippen LogP contribution in [0.2, 0.25) is 0 Å². The Morgan fingerprint density at radius 3 is 2.44 bits per heavy atom. The number of para-hydroxylation sites is 1. The third kappa shape index (κ3) is 5.67. The van der Waals surface area contributed by atoms with Gasteiger partial charge < -0.3 is 19.7 Å². The lowest BCUT2D eigenvalue weighted by Crippen LogP contribution is -2.02. The molecule has 0 saturated heterocycles. The summed E-state index contributed by atoms with van der Waals surface area (Å²) in [7, 11) is 0. The molecule has 0 spiro atoms. The number of nitrogens with zero attached hydrogens (tertiary/aromatic N) is 1. The lowest BCUT2D eigenvalue weighted by atomic mass is 10.2. The quantitative estimate of drug-likeness (QED) is 0.533. The zero-order chi connectivity index (χ0) is 18.9. The maximum atomic E-state index is 9.48. The largest absolute Gasteiger partial charge is 0.493 e. The average molecular weight is 367 g/mol. The Morgan fingerprint density at radius 2 is 1.63 bits per heavy atom. The molecule has 1 aromatic heterocycles. The van der Waals surface area contributed by atoms with Crippen LogP contribution in [0.25, 0.3) is 10.9 Å². The monoisotopic (exact) mass is 367 g/mol. The summed E-state index contributed by atoms with van der Waals surface area (Å²) in [6.45, 7) is 1.04. The number of pyridine rings is 1. The summed E-state index contributed by atoms with van der Waals surface area (Å²) < 4.78 is 11.6. The Balaban J connectivity index is 1.63. The summed E-state index contributed by atoms with van der Waals surface area (Å²) in [4.78, 5) is 4.61. The number of fused-ring (bicyclic) bond motifs is 1. The highest BCUT2D eigenvalue weighted by molar-refractivity contribution is 5.78. The minimum Gasteiger partial charge on any atom is -0.493 e. The van der Waals surface area contributed by atoms with E-state index in [4.69, 9.17) is 14.6 Å². The van der Waals surface area contributed by atoms with E-state index in [2.05, 4.69) is 4.98 Å². The second-order valence-electron chi connectivity index (χ2n) is 6.39. The van der Waals surface area contributed by atoms with E-state index in [0.717, 1.165) is 41.4 Å². The predicted octanol–water partition coefficient (Wildman–Crippen LogP) is 3.85. The first kappa shape index (κ1) is 19.1. The molecule has 0 aliphatic carbocycles. The lowest BCUT2D eigenvalue weighted by Gasteiger charge is -2.12. The van der Waals surface area contributed by atoms with E-state index in [1.54, 1.807) is 6.07 Å². The maximum Gasteiger partial charge on any atom is 0.130 e. The molecular weight excluding hydrogens is 342 g/mol. The van der Waals surface area contributed by atoms with Crippen LogP contribution in [0, 0.1) is 0 Å². The first-order valence-electron chi connectivity index (χ1n) is 9.24. The van der Waals surface area contributed by atoms with Crippen LogP contribution in [0.3, 0.4) is 0 Å². The van der Waals surface area contributed by atoms with Crippen molar-refractivity contribution in [3.8, 4) is 11.5 Å². The van der Waals surface area contributed by atoms with Crippen LogP contribution in [0.5, 0.6) is 11.5 Å². The fourth-order valence-corrected chi connectivity index (χ4v) is 2.82. The molecule has 27 heavy (non-hydrogen) atoms. The van der Waals surface area contributed by atoms with E-state index in [-0.39, 0.29) is 13.2 Å². The van der Waals surface area contributed by atoms with E-state index in [1.165, 1.54) is 0 Å². The van der Waals surface area contributed by atoms with Crippen molar-refractivity contribution in [3.63, 3.8) is 0 Å². The van der Waals surface area contributed by atoms with E-state index < -0.39 is 0 Å². The fourth-order valence-electron chi connectivity index (χ4n) is 2.82. The van der Waals surface area contributed by atoms with Crippen LogP contribution >= 0.6 is 0 Å². The van der Waals surface area contributed by atoms with Gasteiger partial charge in [0, 0.05) is 18.1 Å². The van der Waals surface area contributed by atoms with Gasteiger partial charge in [-0.2, -0.15) is 0 Å². The molecule has 0 saturated carbocycles. The normalized spacial score (nSPS) is 10.9. The molecule has 0 fully saturated rings. The number of hydrogen-bond donors (Lipinski definition) is 2. The summed E-state index contributed by atoms with van der Waals surface area (Å²) in [5.74, 6) is 1.31. The molecule has 0 bridgehead atoms. The van der Waals surface area contributed by atoms with Gasteiger partial charge in [0.2, 0.25) is 0 Å². The summed E-state index contributed by atoms with van der Waals surface area (Å²) in [6, 6.07) is 17.4. The van der Waals surface area contributed by atoms with Gasteiger partial charge in [-0.15, -0.1) is 0 Å². The predicted molar refractivity (Wildman–Crippen MR) is 105 cm³/mol. The molecule has 2 N–H and O–H groups in total. The molecule has 3 aromatic rings. The molecule has 0 radical (unpaired) electrons. The van der Waals surface area contributed by atoms with Crippen LogP contribution in [0.15, 0.2) is 54.6 Å². The number of rotatable bonds is 10. The summed E-state index contributed by atoms with van der Waals surface area (Å²) in [5, 5.41) is 19.4. The number of benzene rings is 2. The Bertz CT molecular complexity index is 866. The Labute approximate surface area is 159 Å². The van der Waals surface area contributed by atoms with Crippen LogP contribution in [-0.4, -0.2) is 28.4 Å². The molecule has 3 rings (SSSR count). The van der Waals surface area contributed by atoms with E-state index >= 15 is 0 Å². The van der Waals surface area contributed by atoms with E-state index in [0.29, 0.717) is 24.7 Å². The van der Waals surface area contributed by atoms with Crippen molar-refractivity contribution in [2.24, 2.45) is 0 Å². The topological polar surface area (TPSA) is 71.8 Å². The zero-order valence-corrected chi connectivity index (χ0v) is 15.3. The fraction of sp³-hybridized carbons (Fsp3) is 0.318. The van der Waals surface area contributed by atoms with Gasteiger partial charge in [-0.3, -0.25) is 0 Å². The molecule has 0 aliphatic heterocycles. The van der Waals surface area contributed by atoms with Crippen LogP contribution in [-0.2, 0) is 13.2 Å². The first-order chi connectivity index (χ1) is 13.3. The van der Waals surface area contributed by atoms with Crippen molar-refractivity contribution < 1.29 is 19.7 Å². The SMILES string of the molecule is OCCCCCOc1cc(CO)cc(OCc2ccc3ccccc3n2)c1. The van der Waals surface area contributed by atoms with Crippen LogP contribution < -0.4 is 9.47 Å². The summed E-state index contributed by atoms with van der Waals surface area (Å²) >= 11 is 0. The standard InChI is InChI=1S/C22H25NO4/c24-10-4-1-5-11-26-20-12-17(15-25)13-21(14-20)27-16-19-9-8-18-6-2-3-7-22(18)23-19/h2-3,6-9,12-14,24-25H,1,4-5,10-11,15-16H2. The number of aromatic nitrogens is 1. The smallest absolute Gasteiger partial charge is 0.130 e. The van der Waals surface area contributed by atoms with Gasteiger partial charge in [0.05, 0.1) is 24.4 Å². The number of aliphatic hydroxyl groups is 2. The minimum atomic E-state index is -0.0771. The molecule has 5 nitrogen and oxygen atoms in total. The van der Waals surface area contributed by atoms with Gasteiger partial charge in [0.15, 0.2) is 0 Å². The van der Waals surface area contributed by atoms with Gasteiger partial charge in [0.25, 0.3) is 0 Å². The Morgan fingerprint density at radius 1 is 0.815 bits per heavy atom. The van der Waals surface area contributed by atoms with Crippen molar-refractivity contribution in [1.82, 2.24) is 4.98 Å². The molecule has 0 unspecified atom stereocenters. The van der Waals surface area contributed by atoms with E-state index in [1.807, 2.05) is 48.5 Å². The van der Waals surface area contributed by atoms with Crippen LogP contribution in [0.4, 0.5) is 0 Å². The van der Waals surface area contributed by atoms with Crippen LogP contribution in [0.1, 0.15) is 30.5 Å². The maximum absolute atomic E-state index is 9.48. The molecule has 142 valence electrons. The van der Waals surface area contributed by atoms with Crippen molar-refractivity contribution in [1.29, 1.82) is 0 Å². The van der Waals surface area contributed by atoms with E-state index in [9.17, 15) is 5.11 Å². The Kier molecular flexibility index (Phi) is 7.02. The first-order valence-corrected chi connectivity index (χ1v) is 9.24.